The van der Waals surface area contributed by atoms with Gasteiger partial charge in [-0.3, -0.25) is 0 Å². The maximum Gasteiger partial charge on any atom is 0.168 e. The summed E-state index contributed by atoms with van der Waals surface area (Å²) in [6.45, 7) is 0. The van der Waals surface area contributed by atoms with E-state index in [1.165, 1.54) is 18.5 Å². The van der Waals surface area contributed by atoms with E-state index in [2.05, 4.69) is 20.4 Å². The molecular formula is C17H18FN5O. The van der Waals surface area contributed by atoms with Gasteiger partial charge in [-0.15, -0.1) is 0 Å². The smallest absolute Gasteiger partial charge is 0.168 e. The molecule has 0 saturated heterocycles. The summed E-state index contributed by atoms with van der Waals surface area (Å²) in [6.07, 6.45) is 6.41. The highest BCUT2D eigenvalue weighted by Gasteiger charge is 2.21. The van der Waals surface area contributed by atoms with Gasteiger partial charge in [-0.25, -0.2) is 19.0 Å². The SMILES string of the molecule is OC1CCC(Nc2ncnc3c2cnn3-c2cccc(F)c2)CC1. The summed E-state index contributed by atoms with van der Waals surface area (Å²) in [4.78, 5) is 8.63. The Morgan fingerprint density at radius 2 is 2.00 bits per heavy atom. The zero-order chi connectivity index (χ0) is 16.5. The van der Waals surface area contributed by atoms with Crippen LogP contribution in [0.1, 0.15) is 25.7 Å². The second kappa shape index (κ2) is 6.16. The van der Waals surface area contributed by atoms with Crippen LogP contribution in [-0.4, -0.2) is 37.0 Å². The Morgan fingerprint density at radius 1 is 1.17 bits per heavy atom. The second-order valence-electron chi connectivity index (χ2n) is 6.15. The van der Waals surface area contributed by atoms with Crippen LogP contribution in [0.3, 0.4) is 0 Å². The molecule has 1 fully saturated rings. The predicted molar refractivity (Wildman–Crippen MR) is 88.5 cm³/mol. The number of benzene rings is 1. The van der Waals surface area contributed by atoms with E-state index >= 15 is 0 Å². The van der Waals surface area contributed by atoms with Crippen LogP contribution in [0.15, 0.2) is 36.8 Å². The molecule has 0 spiro atoms. The van der Waals surface area contributed by atoms with Gasteiger partial charge in [-0.1, -0.05) is 6.07 Å². The van der Waals surface area contributed by atoms with Crippen molar-refractivity contribution in [1.29, 1.82) is 0 Å². The molecule has 1 aromatic carbocycles. The van der Waals surface area contributed by atoms with Crippen LogP contribution >= 0.6 is 0 Å². The lowest BCUT2D eigenvalue weighted by Crippen LogP contribution is -2.28. The minimum absolute atomic E-state index is 0.191. The molecule has 6 nitrogen and oxygen atoms in total. The number of fused-ring (bicyclic) bond motifs is 1. The normalized spacial score (nSPS) is 21.1. The average molecular weight is 327 g/mol. The van der Waals surface area contributed by atoms with Gasteiger partial charge in [0, 0.05) is 6.04 Å². The van der Waals surface area contributed by atoms with Crippen molar-refractivity contribution < 1.29 is 9.50 Å². The number of rotatable bonds is 3. The first-order valence-corrected chi connectivity index (χ1v) is 8.10. The third kappa shape index (κ3) is 2.82. The molecule has 7 heteroatoms. The van der Waals surface area contributed by atoms with Gasteiger partial charge in [0.15, 0.2) is 5.65 Å². The molecule has 2 aromatic heterocycles. The monoisotopic (exact) mass is 327 g/mol. The highest BCUT2D eigenvalue weighted by Crippen LogP contribution is 2.26. The highest BCUT2D eigenvalue weighted by molar-refractivity contribution is 5.87. The van der Waals surface area contributed by atoms with E-state index < -0.39 is 0 Å². The Kier molecular flexibility index (Phi) is 3.86. The molecule has 2 N–H and O–H groups in total. The Hall–Kier alpha value is -2.54. The van der Waals surface area contributed by atoms with E-state index in [1.807, 2.05) is 0 Å². The van der Waals surface area contributed by atoms with E-state index in [1.54, 1.807) is 23.0 Å². The van der Waals surface area contributed by atoms with Crippen LogP contribution in [0.25, 0.3) is 16.7 Å². The molecule has 0 amide bonds. The van der Waals surface area contributed by atoms with E-state index in [0.29, 0.717) is 11.3 Å². The minimum Gasteiger partial charge on any atom is -0.393 e. The van der Waals surface area contributed by atoms with Crippen molar-refractivity contribution in [2.24, 2.45) is 0 Å². The van der Waals surface area contributed by atoms with Crippen LogP contribution in [0.2, 0.25) is 0 Å². The molecule has 124 valence electrons. The van der Waals surface area contributed by atoms with E-state index in [4.69, 9.17) is 0 Å². The number of halogens is 1. The van der Waals surface area contributed by atoms with Gasteiger partial charge >= 0.3 is 0 Å². The number of hydrogen-bond acceptors (Lipinski definition) is 5. The Balaban J connectivity index is 1.66. The first-order chi connectivity index (χ1) is 11.7. The summed E-state index contributed by atoms with van der Waals surface area (Å²) in [6, 6.07) is 6.53. The standard InChI is InChI=1S/C17H18FN5O/c18-11-2-1-3-13(8-11)23-17-15(9-21-23)16(19-10-20-17)22-12-4-6-14(24)7-5-12/h1-3,8-10,12,14,24H,4-7H2,(H,19,20,22). The van der Waals surface area contributed by atoms with Crippen molar-refractivity contribution in [3.63, 3.8) is 0 Å². The molecule has 24 heavy (non-hydrogen) atoms. The van der Waals surface area contributed by atoms with E-state index in [-0.39, 0.29) is 18.0 Å². The fraction of sp³-hybridized carbons (Fsp3) is 0.353. The van der Waals surface area contributed by atoms with Gasteiger partial charge in [0.25, 0.3) is 0 Å². The summed E-state index contributed by atoms with van der Waals surface area (Å²) in [7, 11) is 0. The zero-order valence-electron chi connectivity index (χ0n) is 13.1. The largest absolute Gasteiger partial charge is 0.393 e. The molecule has 0 radical (unpaired) electrons. The first-order valence-electron chi connectivity index (χ1n) is 8.10. The van der Waals surface area contributed by atoms with Gasteiger partial charge < -0.3 is 10.4 Å². The van der Waals surface area contributed by atoms with Gasteiger partial charge in [0.1, 0.15) is 18.0 Å². The van der Waals surface area contributed by atoms with Crippen molar-refractivity contribution in [2.75, 3.05) is 5.32 Å². The molecule has 1 aliphatic carbocycles. The van der Waals surface area contributed by atoms with Crippen molar-refractivity contribution in [3.05, 3.63) is 42.6 Å². The van der Waals surface area contributed by atoms with Crippen molar-refractivity contribution >= 4 is 16.9 Å². The number of nitrogens with one attached hydrogen (secondary N) is 1. The number of aliphatic hydroxyl groups excluding tert-OH is 1. The maximum atomic E-state index is 13.5. The number of anilines is 1. The molecule has 0 unspecified atom stereocenters. The van der Waals surface area contributed by atoms with Crippen LogP contribution in [0.5, 0.6) is 0 Å². The van der Waals surface area contributed by atoms with Gasteiger partial charge in [0.05, 0.1) is 23.4 Å². The first kappa shape index (κ1) is 15.0. The van der Waals surface area contributed by atoms with Crippen molar-refractivity contribution in [1.82, 2.24) is 19.7 Å². The lowest BCUT2D eigenvalue weighted by atomic mass is 9.93. The molecule has 0 bridgehead atoms. The maximum absolute atomic E-state index is 13.5. The Morgan fingerprint density at radius 3 is 2.79 bits per heavy atom. The van der Waals surface area contributed by atoms with Crippen LogP contribution in [-0.2, 0) is 0 Å². The number of hydrogen-bond donors (Lipinski definition) is 2. The van der Waals surface area contributed by atoms with E-state index in [0.717, 1.165) is 36.9 Å². The Labute approximate surface area is 138 Å². The third-order valence-electron chi connectivity index (χ3n) is 4.46. The number of aromatic nitrogens is 4. The van der Waals surface area contributed by atoms with Crippen molar-refractivity contribution in [3.8, 4) is 5.69 Å². The molecule has 0 aliphatic heterocycles. The third-order valence-corrected chi connectivity index (χ3v) is 4.46. The molecular weight excluding hydrogens is 309 g/mol. The topological polar surface area (TPSA) is 75.9 Å². The minimum atomic E-state index is -0.315. The molecule has 4 rings (SSSR count). The highest BCUT2D eigenvalue weighted by atomic mass is 19.1. The summed E-state index contributed by atoms with van der Waals surface area (Å²) in [5.74, 6) is 0.411. The number of aliphatic hydroxyl groups is 1. The van der Waals surface area contributed by atoms with Gasteiger partial charge in [0.2, 0.25) is 0 Å². The summed E-state index contributed by atoms with van der Waals surface area (Å²) >= 11 is 0. The zero-order valence-corrected chi connectivity index (χ0v) is 13.1. The fourth-order valence-electron chi connectivity index (χ4n) is 3.17. The predicted octanol–water partition coefficient (Wildman–Crippen LogP) is 2.67. The van der Waals surface area contributed by atoms with Crippen molar-refractivity contribution in [2.45, 2.75) is 37.8 Å². The van der Waals surface area contributed by atoms with Crippen LogP contribution in [0.4, 0.5) is 10.2 Å². The van der Waals surface area contributed by atoms with Crippen LogP contribution < -0.4 is 5.32 Å². The average Bonchev–Trinajstić information content (AvgIpc) is 3.02. The van der Waals surface area contributed by atoms with E-state index in [9.17, 15) is 9.50 Å². The molecule has 3 aromatic rings. The van der Waals surface area contributed by atoms with Gasteiger partial charge in [-0.2, -0.15) is 5.10 Å². The summed E-state index contributed by atoms with van der Waals surface area (Å²) < 4.78 is 15.1. The van der Waals surface area contributed by atoms with Crippen LogP contribution in [0, 0.1) is 5.82 Å². The lowest BCUT2D eigenvalue weighted by molar-refractivity contribution is 0.126. The second-order valence-corrected chi connectivity index (χ2v) is 6.15. The summed E-state index contributed by atoms with van der Waals surface area (Å²) in [5, 5.41) is 18.2. The molecule has 1 saturated carbocycles. The summed E-state index contributed by atoms with van der Waals surface area (Å²) in [5.41, 5.74) is 1.25. The quantitative estimate of drug-likeness (QED) is 0.773. The lowest BCUT2D eigenvalue weighted by Gasteiger charge is -2.26. The molecule has 1 aliphatic rings. The molecule has 2 heterocycles. The fourth-order valence-corrected chi connectivity index (χ4v) is 3.17. The number of nitrogens with zero attached hydrogens (tertiary/aromatic N) is 4. The molecule has 0 atom stereocenters. The Bertz CT molecular complexity index is 857. The van der Waals surface area contributed by atoms with Gasteiger partial charge in [-0.05, 0) is 43.9 Å².